The molecule has 1 aromatic carbocycles. The average Bonchev–Trinajstić information content (AvgIpc) is 3.04. The highest BCUT2D eigenvalue weighted by atomic mass is 79.9. The van der Waals surface area contributed by atoms with Gasteiger partial charge in [0.2, 0.25) is 0 Å². The number of ether oxygens (including phenoxy) is 1. The second-order valence-corrected chi connectivity index (χ2v) is 5.99. The summed E-state index contributed by atoms with van der Waals surface area (Å²) in [6, 6.07) is 9.30. The smallest absolute Gasteiger partial charge is 0.0866 e. The molecule has 1 aromatic rings. The predicted octanol–water partition coefficient (Wildman–Crippen LogP) is 3.28. The summed E-state index contributed by atoms with van der Waals surface area (Å²) in [5, 5.41) is 3.62. The lowest BCUT2D eigenvalue weighted by Gasteiger charge is -2.19. The second-order valence-electron chi connectivity index (χ2n) is 5.08. The Morgan fingerprint density at radius 2 is 2.18 bits per heavy atom. The second kappa shape index (κ2) is 5.09. The first-order valence-electron chi connectivity index (χ1n) is 6.43. The Morgan fingerprint density at radius 1 is 1.29 bits per heavy atom. The molecule has 0 amide bonds. The maximum absolute atomic E-state index is 5.90. The summed E-state index contributed by atoms with van der Waals surface area (Å²) in [5.74, 6) is 0.630. The highest BCUT2D eigenvalue weighted by Gasteiger charge is 2.31. The van der Waals surface area contributed by atoms with Crippen molar-refractivity contribution in [3.05, 3.63) is 34.3 Å². The number of benzene rings is 1. The maximum Gasteiger partial charge on any atom is 0.0866 e. The summed E-state index contributed by atoms with van der Waals surface area (Å²) in [5.41, 5.74) is 1.31. The third kappa shape index (κ3) is 2.90. The summed E-state index contributed by atoms with van der Waals surface area (Å²) in [4.78, 5) is 0. The third-order valence-corrected chi connectivity index (χ3v) is 4.13. The molecule has 2 fully saturated rings. The molecule has 0 aromatic heterocycles. The van der Waals surface area contributed by atoms with Crippen molar-refractivity contribution in [2.45, 2.75) is 31.4 Å². The molecule has 1 saturated carbocycles. The molecule has 2 nitrogen and oxygen atoms in total. The zero-order chi connectivity index (χ0) is 11.7. The van der Waals surface area contributed by atoms with E-state index in [-0.39, 0.29) is 6.10 Å². The van der Waals surface area contributed by atoms with Crippen LogP contribution in [0.1, 0.15) is 30.9 Å². The van der Waals surface area contributed by atoms with Crippen LogP contribution in [0.3, 0.4) is 0 Å². The summed E-state index contributed by atoms with van der Waals surface area (Å²) < 4.78 is 7.04. The Balaban J connectivity index is 1.67. The summed E-state index contributed by atoms with van der Waals surface area (Å²) >= 11 is 3.53. The van der Waals surface area contributed by atoms with Crippen LogP contribution in [0.5, 0.6) is 0 Å². The van der Waals surface area contributed by atoms with E-state index in [0.29, 0.717) is 5.92 Å². The van der Waals surface area contributed by atoms with Gasteiger partial charge in [0, 0.05) is 29.6 Å². The van der Waals surface area contributed by atoms with Crippen LogP contribution in [0.2, 0.25) is 0 Å². The minimum absolute atomic E-state index is 0.277. The van der Waals surface area contributed by atoms with E-state index < -0.39 is 0 Å². The molecule has 1 aliphatic carbocycles. The average molecular weight is 296 g/mol. The molecule has 1 heterocycles. The molecule has 2 aliphatic rings. The lowest BCUT2D eigenvalue weighted by molar-refractivity contribution is 0.0904. The number of hydrogen-bond donors (Lipinski definition) is 1. The van der Waals surface area contributed by atoms with Crippen molar-refractivity contribution in [1.29, 1.82) is 0 Å². The van der Waals surface area contributed by atoms with Gasteiger partial charge in [-0.2, -0.15) is 0 Å². The van der Waals surface area contributed by atoms with Gasteiger partial charge in [-0.1, -0.05) is 28.1 Å². The van der Waals surface area contributed by atoms with Gasteiger partial charge in [-0.25, -0.2) is 0 Å². The van der Waals surface area contributed by atoms with Gasteiger partial charge in [-0.05, 0) is 37.0 Å². The minimum Gasteiger partial charge on any atom is -0.373 e. The lowest BCUT2D eigenvalue weighted by atomic mass is 9.95. The molecule has 0 spiro atoms. The van der Waals surface area contributed by atoms with Crippen molar-refractivity contribution < 1.29 is 4.74 Å². The molecule has 3 rings (SSSR count). The molecule has 0 bridgehead atoms. The minimum atomic E-state index is 0.277. The zero-order valence-corrected chi connectivity index (χ0v) is 11.4. The first-order chi connectivity index (χ1) is 8.33. The number of halogens is 1. The highest BCUT2D eigenvalue weighted by Crippen LogP contribution is 2.35. The number of rotatable bonds is 4. The van der Waals surface area contributed by atoms with Crippen molar-refractivity contribution in [2.75, 3.05) is 13.2 Å². The van der Waals surface area contributed by atoms with Crippen LogP contribution in [-0.4, -0.2) is 19.2 Å². The van der Waals surface area contributed by atoms with Gasteiger partial charge in [0.05, 0.1) is 6.10 Å². The topological polar surface area (TPSA) is 21.3 Å². The molecule has 92 valence electrons. The Hall–Kier alpha value is -0.380. The van der Waals surface area contributed by atoms with Gasteiger partial charge < -0.3 is 10.1 Å². The van der Waals surface area contributed by atoms with E-state index in [1.807, 2.05) is 0 Å². The molecule has 3 heteroatoms. The van der Waals surface area contributed by atoms with Crippen LogP contribution in [0.4, 0.5) is 0 Å². The third-order valence-electron chi connectivity index (χ3n) is 3.64. The molecular weight excluding hydrogens is 278 g/mol. The van der Waals surface area contributed by atoms with Crippen molar-refractivity contribution in [3.63, 3.8) is 0 Å². The fourth-order valence-electron chi connectivity index (χ4n) is 2.50. The summed E-state index contributed by atoms with van der Waals surface area (Å²) in [7, 11) is 0. The first-order valence-corrected chi connectivity index (χ1v) is 7.22. The van der Waals surface area contributed by atoms with Crippen molar-refractivity contribution in [1.82, 2.24) is 5.32 Å². The van der Waals surface area contributed by atoms with Crippen molar-refractivity contribution >= 4 is 15.9 Å². The first kappa shape index (κ1) is 11.7. The lowest BCUT2D eigenvalue weighted by Crippen LogP contribution is -2.26. The SMILES string of the molecule is Brc1cccc(C2OCCC2CNC2CC2)c1. The van der Waals surface area contributed by atoms with Gasteiger partial charge in [-0.3, -0.25) is 0 Å². The van der Waals surface area contributed by atoms with E-state index in [9.17, 15) is 0 Å². The van der Waals surface area contributed by atoms with Crippen LogP contribution in [-0.2, 0) is 4.74 Å². The Morgan fingerprint density at radius 3 is 2.94 bits per heavy atom. The van der Waals surface area contributed by atoms with E-state index >= 15 is 0 Å². The Bertz CT molecular complexity index is 392. The Labute approximate surface area is 111 Å². The van der Waals surface area contributed by atoms with Crippen LogP contribution in [0, 0.1) is 5.92 Å². The van der Waals surface area contributed by atoms with Crippen LogP contribution in [0.25, 0.3) is 0 Å². The maximum atomic E-state index is 5.90. The molecule has 2 atom stereocenters. The summed E-state index contributed by atoms with van der Waals surface area (Å²) in [6.07, 6.45) is 4.17. The normalized spacial score (nSPS) is 28.5. The van der Waals surface area contributed by atoms with E-state index in [0.717, 1.165) is 23.7 Å². The monoisotopic (exact) mass is 295 g/mol. The van der Waals surface area contributed by atoms with Crippen LogP contribution < -0.4 is 5.32 Å². The van der Waals surface area contributed by atoms with Gasteiger partial charge >= 0.3 is 0 Å². The summed E-state index contributed by atoms with van der Waals surface area (Å²) in [6.45, 7) is 2.00. The largest absolute Gasteiger partial charge is 0.373 e. The zero-order valence-electron chi connectivity index (χ0n) is 9.86. The molecule has 2 unspecified atom stereocenters. The van der Waals surface area contributed by atoms with E-state index in [1.54, 1.807) is 0 Å². The predicted molar refractivity (Wildman–Crippen MR) is 72.0 cm³/mol. The highest BCUT2D eigenvalue weighted by molar-refractivity contribution is 9.10. The van der Waals surface area contributed by atoms with E-state index in [4.69, 9.17) is 4.74 Å². The van der Waals surface area contributed by atoms with Gasteiger partial charge in [-0.15, -0.1) is 0 Å². The Kier molecular flexibility index (Phi) is 3.50. The van der Waals surface area contributed by atoms with Gasteiger partial charge in [0.25, 0.3) is 0 Å². The number of hydrogen-bond acceptors (Lipinski definition) is 2. The molecule has 1 aliphatic heterocycles. The van der Waals surface area contributed by atoms with E-state index in [1.165, 1.54) is 24.8 Å². The van der Waals surface area contributed by atoms with Gasteiger partial charge in [0.1, 0.15) is 0 Å². The fraction of sp³-hybridized carbons (Fsp3) is 0.571. The molecule has 17 heavy (non-hydrogen) atoms. The quantitative estimate of drug-likeness (QED) is 0.920. The van der Waals surface area contributed by atoms with Crippen molar-refractivity contribution in [3.8, 4) is 0 Å². The fourth-order valence-corrected chi connectivity index (χ4v) is 2.92. The molecule has 0 radical (unpaired) electrons. The van der Waals surface area contributed by atoms with Crippen LogP contribution in [0.15, 0.2) is 28.7 Å². The molecular formula is C14H18BrNO. The molecule has 1 N–H and O–H groups in total. The number of nitrogens with one attached hydrogen (secondary N) is 1. The van der Waals surface area contributed by atoms with E-state index in [2.05, 4.69) is 45.5 Å². The molecule has 1 saturated heterocycles. The van der Waals surface area contributed by atoms with Crippen molar-refractivity contribution in [2.24, 2.45) is 5.92 Å². The standard InChI is InChI=1S/C14H18BrNO/c15-12-3-1-2-10(8-12)14-11(6-7-17-14)9-16-13-4-5-13/h1-3,8,11,13-14,16H,4-7,9H2. The van der Waals surface area contributed by atoms with Gasteiger partial charge in [0.15, 0.2) is 0 Å². The van der Waals surface area contributed by atoms with Crippen LogP contribution >= 0.6 is 15.9 Å².